The number of hydrogen-bond donors (Lipinski definition) is 1. The van der Waals surface area contributed by atoms with Crippen LogP contribution in [-0.2, 0) is 0 Å². The van der Waals surface area contributed by atoms with E-state index in [0.29, 0.717) is 0 Å². The van der Waals surface area contributed by atoms with Crippen LogP contribution >= 0.6 is 0 Å². The average Bonchev–Trinajstić information content (AvgIpc) is 3.89. The zero-order chi connectivity index (χ0) is 42.2. The molecule has 1 aliphatic rings. The molecule has 6 nitrogen and oxygen atoms in total. The Labute approximate surface area is 367 Å². The van der Waals surface area contributed by atoms with Crippen molar-refractivity contribution in [2.24, 2.45) is 0 Å². The minimum absolute atomic E-state index is 0.280. The van der Waals surface area contributed by atoms with E-state index in [0.717, 1.165) is 60.4 Å². The third kappa shape index (κ3) is 4.90. The molecular weight excluding hydrogens is 781 g/mol. The van der Waals surface area contributed by atoms with Gasteiger partial charge in [-0.3, -0.25) is 19.9 Å². The SMILES string of the molecule is CC1c2cc3c4cc(-c5cc6cccnc6c6ncccc56)ccc4n(-c4ccccc4)c3cc2-c2ccc3c([nH]c4ccc(-c5cc6cccnc6c6ncccc56)cc43)c2C1C. The lowest BCUT2D eigenvalue weighted by atomic mass is 9.72. The van der Waals surface area contributed by atoms with Crippen molar-refractivity contribution in [3.05, 3.63) is 188 Å². The standard InChI is InChI=1S/C58H38N6/c1-32-33(2)53-39(18-19-42-47-26-34(16-20-50(47)63-56(42)53)44-28-36-10-6-22-59-54(36)57-40(44)14-8-24-61-57)46-31-52-49(30-43(32)46)48-27-35(17-21-51(48)64(52)38-12-4-3-5-13-38)45-29-37-11-7-23-60-55(37)58-41(45)15-9-25-62-58/h3-33,63H,1-2H3. The second-order valence-electron chi connectivity index (χ2n) is 17.6. The molecule has 0 radical (unpaired) electrons. The lowest BCUT2D eigenvalue weighted by Crippen LogP contribution is -2.14. The second kappa shape index (κ2) is 13.1. The van der Waals surface area contributed by atoms with Crippen LogP contribution < -0.4 is 0 Å². The molecule has 14 rings (SSSR count). The van der Waals surface area contributed by atoms with Gasteiger partial charge in [0.1, 0.15) is 0 Å². The molecule has 1 aliphatic carbocycles. The molecule has 0 spiro atoms. The second-order valence-corrected chi connectivity index (χ2v) is 17.6. The Kier molecular flexibility index (Phi) is 7.27. The Morgan fingerprint density at radius 3 is 1.72 bits per heavy atom. The molecule has 6 aromatic heterocycles. The van der Waals surface area contributed by atoms with E-state index in [4.69, 9.17) is 19.9 Å². The maximum Gasteiger partial charge on any atom is 0.0970 e. The predicted octanol–water partition coefficient (Wildman–Crippen LogP) is 14.8. The van der Waals surface area contributed by atoms with Crippen LogP contribution in [0.2, 0.25) is 0 Å². The van der Waals surface area contributed by atoms with Gasteiger partial charge in [-0.2, -0.15) is 0 Å². The molecule has 6 heterocycles. The van der Waals surface area contributed by atoms with Crippen molar-refractivity contribution in [3.8, 4) is 39.1 Å². The summed E-state index contributed by atoms with van der Waals surface area (Å²) in [6.45, 7) is 4.82. The molecule has 2 atom stereocenters. The van der Waals surface area contributed by atoms with Gasteiger partial charge in [0.2, 0.25) is 0 Å². The first-order valence-electron chi connectivity index (χ1n) is 22.1. The number of fused-ring (bicyclic) bond motifs is 16. The number of benzene rings is 7. The normalized spacial score (nSPS) is 15.0. The van der Waals surface area contributed by atoms with E-state index in [1.807, 2.05) is 49.1 Å². The van der Waals surface area contributed by atoms with Crippen molar-refractivity contribution in [1.29, 1.82) is 0 Å². The number of nitrogens with one attached hydrogen (secondary N) is 1. The number of aromatic amines is 1. The van der Waals surface area contributed by atoms with E-state index in [-0.39, 0.29) is 11.8 Å². The first-order chi connectivity index (χ1) is 31.6. The smallest absolute Gasteiger partial charge is 0.0970 e. The molecule has 0 aliphatic heterocycles. The van der Waals surface area contributed by atoms with Gasteiger partial charge in [-0.05, 0) is 141 Å². The van der Waals surface area contributed by atoms with Gasteiger partial charge in [-0.25, -0.2) is 0 Å². The van der Waals surface area contributed by atoms with Crippen LogP contribution in [0.25, 0.3) is 126 Å². The van der Waals surface area contributed by atoms with E-state index in [2.05, 4.69) is 151 Å². The largest absolute Gasteiger partial charge is 0.354 e. The molecule has 13 aromatic rings. The van der Waals surface area contributed by atoms with Crippen LogP contribution in [-0.4, -0.2) is 29.5 Å². The highest BCUT2D eigenvalue weighted by molar-refractivity contribution is 6.17. The first-order valence-corrected chi connectivity index (χ1v) is 22.1. The lowest BCUT2D eigenvalue weighted by molar-refractivity contribution is 0.620. The van der Waals surface area contributed by atoms with Gasteiger partial charge in [0.05, 0.1) is 38.6 Å². The van der Waals surface area contributed by atoms with E-state index in [1.165, 1.54) is 77.0 Å². The molecule has 1 N–H and O–H groups in total. The Bertz CT molecular complexity index is 4120. The quantitative estimate of drug-likeness (QED) is 0.180. The summed E-state index contributed by atoms with van der Waals surface area (Å²) in [5, 5.41) is 9.37. The van der Waals surface area contributed by atoms with Crippen molar-refractivity contribution in [2.45, 2.75) is 25.7 Å². The summed E-state index contributed by atoms with van der Waals surface area (Å²) in [5.74, 6) is 0.563. The van der Waals surface area contributed by atoms with Crippen LogP contribution in [0.4, 0.5) is 0 Å². The zero-order valence-electron chi connectivity index (χ0n) is 35.1. The van der Waals surface area contributed by atoms with Gasteiger partial charge < -0.3 is 9.55 Å². The maximum absolute atomic E-state index is 4.83. The Hall–Kier alpha value is -8.22. The summed E-state index contributed by atoms with van der Waals surface area (Å²) in [7, 11) is 0. The van der Waals surface area contributed by atoms with Crippen LogP contribution in [0.3, 0.4) is 0 Å². The zero-order valence-corrected chi connectivity index (χ0v) is 35.1. The topological polar surface area (TPSA) is 72.3 Å². The number of pyridine rings is 4. The van der Waals surface area contributed by atoms with E-state index in [9.17, 15) is 0 Å². The fraction of sp³-hybridized carbons (Fsp3) is 0.0690. The molecular formula is C58H38N6. The number of para-hydroxylation sites is 1. The van der Waals surface area contributed by atoms with Crippen LogP contribution in [0.1, 0.15) is 36.8 Å². The van der Waals surface area contributed by atoms with E-state index < -0.39 is 0 Å². The van der Waals surface area contributed by atoms with Crippen LogP contribution in [0.5, 0.6) is 0 Å². The number of rotatable bonds is 3. The molecule has 0 bridgehead atoms. The minimum atomic E-state index is 0.280. The monoisotopic (exact) mass is 818 g/mol. The van der Waals surface area contributed by atoms with Gasteiger partial charge in [-0.15, -0.1) is 0 Å². The Morgan fingerprint density at radius 2 is 1.03 bits per heavy atom. The minimum Gasteiger partial charge on any atom is -0.354 e. The van der Waals surface area contributed by atoms with Crippen molar-refractivity contribution in [2.75, 3.05) is 0 Å². The van der Waals surface area contributed by atoms with Gasteiger partial charge >= 0.3 is 0 Å². The number of H-pyrrole nitrogens is 1. The summed E-state index contributed by atoms with van der Waals surface area (Å²) in [5.41, 5.74) is 19.7. The average molecular weight is 819 g/mol. The molecule has 7 aromatic carbocycles. The first kappa shape index (κ1) is 35.4. The van der Waals surface area contributed by atoms with Gasteiger partial charge in [-0.1, -0.05) is 80.6 Å². The summed E-state index contributed by atoms with van der Waals surface area (Å²) in [6.07, 6.45) is 7.43. The molecule has 0 fully saturated rings. The van der Waals surface area contributed by atoms with Gasteiger partial charge in [0.25, 0.3) is 0 Å². The molecule has 64 heavy (non-hydrogen) atoms. The summed E-state index contributed by atoms with van der Waals surface area (Å²) in [6, 6.07) is 55.5. The van der Waals surface area contributed by atoms with E-state index >= 15 is 0 Å². The van der Waals surface area contributed by atoms with Crippen molar-refractivity contribution < 1.29 is 0 Å². The van der Waals surface area contributed by atoms with Gasteiger partial charge in [0, 0.05) is 79.1 Å². The molecule has 0 saturated carbocycles. The van der Waals surface area contributed by atoms with Crippen molar-refractivity contribution in [3.63, 3.8) is 0 Å². The number of hydrogen-bond acceptors (Lipinski definition) is 4. The number of aromatic nitrogens is 6. The molecule has 6 heteroatoms. The Morgan fingerprint density at radius 1 is 0.422 bits per heavy atom. The van der Waals surface area contributed by atoms with Crippen molar-refractivity contribution in [1.82, 2.24) is 29.5 Å². The lowest BCUT2D eigenvalue weighted by Gasteiger charge is -2.32. The van der Waals surface area contributed by atoms with Crippen LogP contribution in [0.15, 0.2) is 176 Å². The Balaban J connectivity index is 0.977. The third-order valence-corrected chi connectivity index (χ3v) is 14.3. The van der Waals surface area contributed by atoms with Crippen molar-refractivity contribution >= 4 is 87.2 Å². The molecule has 0 saturated heterocycles. The molecule has 0 amide bonds. The number of nitrogens with zero attached hydrogens (tertiary/aromatic N) is 5. The fourth-order valence-corrected chi connectivity index (χ4v) is 11.1. The highest BCUT2D eigenvalue weighted by atomic mass is 15.0. The maximum atomic E-state index is 4.83. The molecule has 300 valence electrons. The fourth-order valence-electron chi connectivity index (χ4n) is 11.1. The van der Waals surface area contributed by atoms with Gasteiger partial charge in [0.15, 0.2) is 0 Å². The summed E-state index contributed by atoms with van der Waals surface area (Å²) >= 11 is 0. The highest BCUT2D eigenvalue weighted by Gasteiger charge is 2.32. The predicted molar refractivity (Wildman–Crippen MR) is 264 cm³/mol. The summed E-state index contributed by atoms with van der Waals surface area (Å²) in [4.78, 5) is 23.0. The van der Waals surface area contributed by atoms with E-state index in [1.54, 1.807) is 0 Å². The third-order valence-electron chi connectivity index (χ3n) is 14.3. The summed E-state index contributed by atoms with van der Waals surface area (Å²) < 4.78 is 2.45. The molecule has 2 unspecified atom stereocenters. The van der Waals surface area contributed by atoms with Crippen LogP contribution in [0, 0.1) is 0 Å². The highest BCUT2D eigenvalue weighted by Crippen LogP contribution is 2.52.